The van der Waals surface area contributed by atoms with Gasteiger partial charge in [0.25, 0.3) is 0 Å². The van der Waals surface area contributed by atoms with Gasteiger partial charge in [0.05, 0.1) is 5.60 Å². The van der Waals surface area contributed by atoms with Gasteiger partial charge in [-0.05, 0) is 38.1 Å². The molecule has 2 atom stereocenters. The molecule has 3 heteroatoms. The van der Waals surface area contributed by atoms with Crippen LogP contribution in [0.5, 0.6) is 0 Å². The molecule has 0 amide bonds. The number of aliphatic hydroxyl groups is 1. The normalized spacial score (nSPS) is 24.0. The molecule has 16 heavy (non-hydrogen) atoms. The highest BCUT2D eigenvalue weighted by atomic mass is 16.5. The van der Waals surface area contributed by atoms with E-state index < -0.39 is 5.60 Å². The molecule has 2 N–H and O–H groups in total. The minimum Gasteiger partial charge on any atom is -0.389 e. The first-order valence-electron chi connectivity index (χ1n) is 6.57. The van der Waals surface area contributed by atoms with Crippen molar-refractivity contribution in [3.8, 4) is 0 Å². The maximum Gasteiger partial charge on any atom is 0.0768 e. The lowest BCUT2D eigenvalue weighted by Gasteiger charge is -2.31. The molecule has 1 rings (SSSR count). The molecule has 0 saturated carbocycles. The molecule has 1 aliphatic heterocycles. The highest BCUT2D eigenvalue weighted by Crippen LogP contribution is 2.19. The van der Waals surface area contributed by atoms with E-state index in [4.69, 9.17) is 4.74 Å². The standard InChI is InChI=1S/C13H27NO2/c1-4-11(2)13(3,15)10-14-9-12-5-7-16-8-6-12/h11-12,14-15H,4-10H2,1-3H3. The van der Waals surface area contributed by atoms with E-state index in [0.717, 1.165) is 44.9 Å². The number of hydrogen-bond donors (Lipinski definition) is 2. The summed E-state index contributed by atoms with van der Waals surface area (Å²) in [6.45, 7) is 9.66. The van der Waals surface area contributed by atoms with Crippen molar-refractivity contribution >= 4 is 0 Å². The highest BCUT2D eigenvalue weighted by molar-refractivity contribution is 4.81. The second kappa shape index (κ2) is 6.58. The zero-order chi connectivity index (χ0) is 12.0. The fourth-order valence-corrected chi connectivity index (χ4v) is 2.09. The summed E-state index contributed by atoms with van der Waals surface area (Å²) in [5, 5.41) is 13.6. The molecule has 0 aromatic heterocycles. The fraction of sp³-hybridized carbons (Fsp3) is 1.00. The lowest BCUT2D eigenvalue weighted by Crippen LogP contribution is -2.44. The molecule has 1 fully saturated rings. The van der Waals surface area contributed by atoms with Gasteiger partial charge in [0, 0.05) is 19.8 Å². The Labute approximate surface area is 99.6 Å². The van der Waals surface area contributed by atoms with Gasteiger partial charge in [-0.15, -0.1) is 0 Å². The summed E-state index contributed by atoms with van der Waals surface area (Å²) in [7, 11) is 0. The van der Waals surface area contributed by atoms with Gasteiger partial charge < -0.3 is 15.2 Å². The van der Waals surface area contributed by atoms with Gasteiger partial charge >= 0.3 is 0 Å². The van der Waals surface area contributed by atoms with Gasteiger partial charge in [0.2, 0.25) is 0 Å². The SMILES string of the molecule is CCC(C)C(C)(O)CNCC1CCOCC1. The first kappa shape index (κ1) is 13.9. The van der Waals surface area contributed by atoms with Crippen molar-refractivity contribution in [2.45, 2.75) is 45.6 Å². The summed E-state index contributed by atoms with van der Waals surface area (Å²) in [5.41, 5.74) is -0.583. The van der Waals surface area contributed by atoms with Gasteiger partial charge in [0.1, 0.15) is 0 Å². The first-order valence-corrected chi connectivity index (χ1v) is 6.57. The summed E-state index contributed by atoms with van der Waals surface area (Å²) in [5.74, 6) is 1.07. The zero-order valence-corrected chi connectivity index (χ0v) is 11.0. The predicted octanol–water partition coefficient (Wildman–Crippen LogP) is 1.80. The average molecular weight is 229 g/mol. The molecule has 0 spiro atoms. The first-order chi connectivity index (χ1) is 7.56. The molecule has 0 aromatic rings. The second-order valence-corrected chi connectivity index (χ2v) is 5.35. The van der Waals surface area contributed by atoms with Crippen LogP contribution in [-0.2, 0) is 4.74 Å². The van der Waals surface area contributed by atoms with E-state index in [9.17, 15) is 5.11 Å². The summed E-state index contributed by atoms with van der Waals surface area (Å²) < 4.78 is 5.33. The molecular weight excluding hydrogens is 202 g/mol. The van der Waals surface area contributed by atoms with Crippen molar-refractivity contribution in [2.24, 2.45) is 11.8 Å². The number of ether oxygens (including phenoxy) is 1. The van der Waals surface area contributed by atoms with Gasteiger partial charge in [-0.3, -0.25) is 0 Å². The number of nitrogens with one attached hydrogen (secondary N) is 1. The highest BCUT2D eigenvalue weighted by Gasteiger charge is 2.26. The Bertz CT molecular complexity index is 188. The average Bonchev–Trinajstić information content (AvgIpc) is 2.29. The monoisotopic (exact) mass is 229 g/mol. The Morgan fingerprint density at radius 3 is 2.62 bits per heavy atom. The van der Waals surface area contributed by atoms with Crippen LogP contribution in [0.1, 0.15) is 40.0 Å². The second-order valence-electron chi connectivity index (χ2n) is 5.35. The Kier molecular flexibility index (Phi) is 5.73. The Balaban J connectivity index is 2.18. The number of hydrogen-bond acceptors (Lipinski definition) is 3. The van der Waals surface area contributed by atoms with Crippen LogP contribution in [0.4, 0.5) is 0 Å². The molecule has 0 radical (unpaired) electrons. The summed E-state index contributed by atoms with van der Waals surface area (Å²) >= 11 is 0. The van der Waals surface area contributed by atoms with Crippen LogP contribution >= 0.6 is 0 Å². The van der Waals surface area contributed by atoms with E-state index >= 15 is 0 Å². The van der Waals surface area contributed by atoms with E-state index in [1.54, 1.807) is 0 Å². The van der Waals surface area contributed by atoms with E-state index in [1.165, 1.54) is 0 Å². The molecule has 1 heterocycles. The smallest absolute Gasteiger partial charge is 0.0768 e. The van der Waals surface area contributed by atoms with Crippen molar-refractivity contribution in [1.82, 2.24) is 5.32 Å². The largest absolute Gasteiger partial charge is 0.389 e. The van der Waals surface area contributed by atoms with E-state index in [1.807, 2.05) is 6.92 Å². The molecule has 96 valence electrons. The van der Waals surface area contributed by atoms with E-state index in [0.29, 0.717) is 12.5 Å². The van der Waals surface area contributed by atoms with Crippen LogP contribution in [0, 0.1) is 11.8 Å². The van der Waals surface area contributed by atoms with Crippen molar-refractivity contribution in [3.05, 3.63) is 0 Å². The van der Waals surface area contributed by atoms with Crippen LogP contribution < -0.4 is 5.32 Å². The topological polar surface area (TPSA) is 41.5 Å². The van der Waals surface area contributed by atoms with Crippen molar-refractivity contribution in [2.75, 3.05) is 26.3 Å². The van der Waals surface area contributed by atoms with Crippen molar-refractivity contribution in [3.63, 3.8) is 0 Å². The van der Waals surface area contributed by atoms with E-state index in [-0.39, 0.29) is 0 Å². The Morgan fingerprint density at radius 2 is 2.06 bits per heavy atom. The lowest BCUT2D eigenvalue weighted by atomic mass is 9.88. The molecule has 2 unspecified atom stereocenters. The third-order valence-corrected chi connectivity index (χ3v) is 3.93. The van der Waals surface area contributed by atoms with Gasteiger partial charge in [0.15, 0.2) is 0 Å². The van der Waals surface area contributed by atoms with Crippen LogP contribution in [-0.4, -0.2) is 37.0 Å². The minimum atomic E-state index is -0.583. The molecule has 0 bridgehead atoms. The third-order valence-electron chi connectivity index (χ3n) is 3.93. The quantitative estimate of drug-likeness (QED) is 0.730. The van der Waals surface area contributed by atoms with Gasteiger partial charge in [-0.1, -0.05) is 20.3 Å². The van der Waals surface area contributed by atoms with E-state index in [2.05, 4.69) is 19.2 Å². The van der Waals surface area contributed by atoms with Gasteiger partial charge in [-0.25, -0.2) is 0 Å². The Hall–Kier alpha value is -0.120. The summed E-state index contributed by atoms with van der Waals surface area (Å²) in [6, 6.07) is 0. The maximum absolute atomic E-state index is 10.2. The summed E-state index contributed by atoms with van der Waals surface area (Å²) in [4.78, 5) is 0. The lowest BCUT2D eigenvalue weighted by molar-refractivity contribution is 0.00297. The fourth-order valence-electron chi connectivity index (χ4n) is 2.09. The van der Waals surface area contributed by atoms with Crippen LogP contribution in [0.3, 0.4) is 0 Å². The maximum atomic E-state index is 10.2. The van der Waals surface area contributed by atoms with Gasteiger partial charge in [-0.2, -0.15) is 0 Å². The molecule has 1 aliphatic rings. The van der Waals surface area contributed by atoms with Crippen molar-refractivity contribution in [1.29, 1.82) is 0 Å². The molecule has 1 saturated heterocycles. The van der Waals surface area contributed by atoms with Crippen molar-refractivity contribution < 1.29 is 9.84 Å². The molecule has 0 aromatic carbocycles. The van der Waals surface area contributed by atoms with Crippen LogP contribution in [0.25, 0.3) is 0 Å². The zero-order valence-electron chi connectivity index (χ0n) is 11.0. The van der Waals surface area contributed by atoms with Crippen LogP contribution in [0.2, 0.25) is 0 Å². The Morgan fingerprint density at radius 1 is 1.44 bits per heavy atom. The third kappa shape index (κ3) is 4.40. The minimum absolute atomic E-state index is 0.342. The molecule has 3 nitrogen and oxygen atoms in total. The number of rotatable bonds is 6. The predicted molar refractivity (Wildman–Crippen MR) is 66.5 cm³/mol. The summed E-state index contributed by atoms with van der Waals surface area (Å²) in [6.07, 6.45) is 3.32. The van der Waals surface area contributed by atoms with Crippen LogP contribution in [0.15, 0.2) is 0 Å². The molecule has 0 aliphatic carbocycles. The molecular formula is C13H27NO2.